The first-order chi connectivity index (χ1) is 19.3. The molecule has 0 amide bonds. The summed E-state index contributed by atoms with van der Waals surface area (Å²) in [5, 5.41) is 3.35. The molecule has 4 aliphatic heterocycles. The number of anilines is 2. The molecule has 2 fully saturated rings. The summed E-state index contributed by atoms with van der Waals surface area (Å²) in [4.78, 5) is 16.3. The zero-order valence-corrected chi connectivity index (χ0v) is 22.9. The minimum absolute atomic E-state index is 0.797. The Hall–Kier alpha value is -3.12. The van der Waals surface area contributed by atoms with Crippen LogP contribution in [0.4, 0.5) is 11.9 Å². The van der Waals surface area contributed by atoms with Gasteiger partial charge in [0.15, 0.2) is 0 Å². The number of nitrogens with one attached hydrogen (secondary N) is 1. The van der Waals surface area contributed by atoms with E-state index in [9.17, 15) is 0 Å². The molecule has 11 heteroatoms. The molecular weight excluding hydrogens is 496 g/mol. The molecule has 1 N–H and O–H groups in total. The van der Waals surface area contributed by atoms with E-state index in [-0.39, 0.29) is 0 Å². The Kier molecular flexibility index (Phi) is 8.29. The number of ether oxygens (including phenoxy) is 3. The van der Waals surface area contributed by atoms with Gasteiger partial charge in [0.25, 0.3) is 0 Å². The van der Waals surface area contributed by atoms with Gasteiger partial charge in [-0.25, -0.2) is 9.97 Å². The van der Waals surface area contributed by atoms with Crippen LogP contribution in [0.3, 0.4) is 0 Å². The van der Waals surface area contributed by atoms with Gasteiger partial charge >= 0.3 is 0 Å². The number of nitrogens with zero attached hydrogens (tertiary/aromatic N) is 7. The molecule has 0 atom stereocenters. The van der Waals surface area contributed by atoms with Gasteiger partial charge in [-0.3, -0.25) is 4.90 Å². The minimum Gasteiger partial charge on any atom is -0.497 e. The number of methoxy groups -OCH3 is 1. The highest BCUT2D eigenvalue weighted by Gasteiger charge is 2.24. The third-order valence-corrected chi connectivity index (χ3v) is 7.83. The van der Waals surface area contributed by atoms with Gasteiger partial charge < -0.3 is 38.5 Å². The second-order valence-corrected chi connectivity index (χ2v) is 10.3. The maximum Gasteiger partial charge on any atom is 0.205 e. The summed E-state index contributed by atoms with van der Waals surface area (Å²) in [5.74, 6) is 3.14. The second kappa shape index (κ2) is 12.4. The fraction of sp³-hybridized carbons (Fsp3) is 0.571. The molecule has 0 bridgehead atoms. The molecule has 39 heavy (non-hydrogen) atoms. The predicted molar refractivity (Wildman–Crippen MR) is 149 cm³/mol. The first-order valence-corrected chi connectivity index (χ1v) is 14.1. The first kappa shape index (κ1) is 26.1. The topological polar surface area (TPSA) is 85.1 Å². The van der Waals surface area contributed by atoms with Gasteiger partial charge in [0, 0.05) is 72.0 Å². The normalized spacial score (nSPS) is 19.6. The lowest BCUT2D eigenvalue weighted by molar-refractivity contribution is 0.121. The van der Waals surface area contributed by atoms with E-state index >= 15 is 0 Å². The maximum atomic E-state index is 5.45. The van der Waals surface area contributed by atoms with Crippen molar-refractivity contribution in [1.29, 1.82) is 0 Å². The fourth-order valence-electron chi connectivity index (χ4n) is 5.67. The van der Waals surface area contributed by atoms with E-state index in [2.05, 4.69) is 51.3 Å². The van der Waals surface area contributed by atoms with Gasteiger partial charge in [-0.05, 0) is 17.7 Å². The zero-order valence-electron chi connectivity index (χ0n) is 22.9. The third kappa shape index (κ3) is 6.06. The van der Waals surface area contributed by atoms with Gasteiger partial charge in [-0.2, -0.15) is 0 Å². The zero-order chi connectivity index (χ0) is 26.4. The van der Waals surface area contributed by atoms with Gasteiger partial charge in [0.2, 0.25) is 11.9 Å². The largest absolute Gasteiger partial charge is 0.497 e. The smallest absolute Gasteiger partial charge is 0.205 e. The van der Waals surface area contributed by atoms with Crippen molar-refractivity contribution in [2.45, 2.75) is 32.7 Å². The van der Waals surface area contributed by atoms with E-state index in [1.165, 1.54) is 17.0 Å². The van der Waals surface area contributed by atoms with Crippen LogP contribution in [0, 0.1) is 0 Å². The van der Waals surface area contributed by atoms with Crippen LogP contribution in [0.2, 0.25) is 0 Å². The summed E-state index contributed by atoms with van der Waals surface area (Å²) in [6, 6.07) is 8.34. The molecule has 1 aromatic carbocycles. The average Bonchev–Trinajstić information content (AvgIpc) is 3.63. The van der Waals surface area contributed by atoms with E-state index in [4.69, 9.17) is 14.2 Å². The summed E-state index contributed by atoms with van der Waals surface area (Å²) >= 11 is 0. The molecule has 0 spiro atoms. The fourth-order valence-corrected chi connectivity index (χ4v) is 5.67. The van der Waals surface area contributed by atoms with E-state index in [0.717, 1.165) is 116 Å². The molecule has 7 rings (SSSR count). The van der Waals surface area contributed by atoms with Crippen LogP contribution < -0.4 is 19.9 Å². The highest BCUT2D eigenvalue weighted by Crippen LogP contribution is 2.23. The van der Waals surface area contributed by atoms with E-state index < -0.39 is 0 Å². The number of hydrogen-bond donors (Lipinski definition) is 1. The van der Waals surface area contributed by atoms with Crippen LogP contribution >= 0.6 is 0 Å². The standard InChI is InChI=1S/C18H24N4O2.C10H16N4O/c1-23-17-4-2-15(3-5-17)13-20-6-7-22-16(14-20)12-19-18(22)21-8-10-24-11-9-21;1-2-14-9(7-11-1)8-12-10(14)13-3-5-15-6-4-13/h2-5,12H,6-11,13-14H2,1H3;8,11H,1-7H2. The van der Waals surface area contributed by atoms with Crippen molar-refractivity contribution in [3.63, 3.8) is 0 Å². The predicted octanol–water partition coefficient (Wildman–Crippen LogP) is 1.57. The second-order valence-electron chi connectivity index (χ2n) is 10.3. The molecule has 0 unspecified atom stereocenters. The summed E-state index contributed by atoms with van der Waals surface area (Å²) in [6.07, 6.45) is 4.02. The highest BCUT2D eigenvalue weighted by molar-refractivity contribution is 5.36. The Labute approximate surface area is 230 Å². The van der Waals surface area contributed by atoms with Gasteiger partial charge in [0.05, 0.1) is 57.3 Å². The Morgan fingerprint density at radius 3 is 2.03 bits per heavy atom. The number of fused-ring (bicyclic) bond motifs is 2. The number of rotatable bonds is 5. The van der Waals surface area contributed by atoms with Crippen molar-refractivity contribution in [2.24, 2.45) is 0 Å². The average molecular weight is 537 g/mol. The molecular formula is C28H40N8O3. The third-order valence-electron chi connectivity index (χ3n) is 7.83. The molecule has 4 aliphatic rings. The van der Waals surface area contributed by atoms with Crippen molar-refractivity contribution in [2.75, 3.05) is 82.6 Å². The Balaban J connectivity index is 0.000000158. The molecule has 0 aliphatic carbocycles. The Morgan fingerprint density at radius 2 is 1.38 bits per heavy atom. The van der Waals surface area contributed by atoms with Gasteiger partial charge in [-0.15, -0.1) is 0 Å². The molecule has 0 saturated carbocycles. The molecule has 2 saturated heterocycles. The lowest BCUT2D eigenvalue weighted by atomic mass is 10.2. The van der Waals surface area contributed by atoms with Gasteiger partial charge in [0.1, 0.15) is 5.75 Å². The molecule has 11 nitrogen and oxygen atoms in total. The highest BCUT2D eigenvalue weighted by atomic mass is 16.5. The number of morpholine rings is 2. The molecule has 0 radical (unpaired) electrons. The van der Waals surface area contributed by atoms with E-state index in [1.807, 2.05) is 24.5 Å². The number of imidazole rings is 2. The minimum atomic E-state index is 0.797. The Morgan fingerprint density at radius 1 is 0.769 bits per heavy atom. The van der Waals surface area contributed by atoms with Crippen LogP contribution in [-0.4, -0.2) is 96.8 Å². The van der Waals surface area contributed by atoms with Crippen LogP contribution in [0.25, 0.3) is 0 Å². The van der Waals surface area contributed by atoms with E-state index in [0.29, 0.717) is 0 Å². The molecule has 3 aromatic rings. The van der Waals surface area contributed by atoms with Crippen molar-refractivity contribution in [3.05, 3.63) is 53.6 Å². The van der Waals surface area contributed by atoms with Crippen molar-refractivity contribution in [3.8, 4) is 5.75 Å². The van der Waals surface area contributed by atoms with Crippen molar-refractivity contribution in [1.82, 2.24) is 29.3 Å². The van der Waals surface area contributed by atoms with Crippen molar-refractivity contribution < 1.29 is 14.2 Å². The summed E-state index contributed by atoms with van der Waals surface area (Å²) in [6.45, 7) is 14.0. The number of benzene rings is 1. The summed E-state index contributed by atoms with van der Waals surface area (Å²) in [5.41, 5.74) is 3.91. The van der Waals surface area contributed by atoms with E-state index in [1.54, 1.807) is 7.11 Å². The summed E-state index contributed by atoms with van der Waals surface area (Å²) < 4.78 is 20.7. The lowest BCUT2D eigenvalue weighted by Crippen LogP contribution is -2.40. The van der Waals surface area contributed by atoms with Crippen LogP contribution in [0.5, 0.6) is 5.75 Å². The lowest BCUT2D eigenvalue weighted by Gasteiger charge is -2.32. The van der Waals surface area contributed by atoms with Gasteiger partial charge in [-0.1, -0.05) is 12.1 Å². The summed E-state index contributed by atoms with van der Waals surface area (Å²) in [7, 11) is 1.70. The molecule has 210 valence electrons. The quantitative estimate of drug-likeness (QED) is 0.522. The van der Waals surface area contributed by atoms with Crippen LogP contribution in [0.15, 0.2) is 36.7 Å². The van der Waals surface area contributed by atoms with Crippen LogP contribution in [0.1, 0.15) is 17.0 Å². The maximum absolute atomic E-state index is 5.45. The van der Waals surface area contributed by atoms with Crippen molar-refractivity contribution >= 4 is 11.9 Å². The molecule has 6 heterocycles. The number of aromatic nitrogens is 4. The number of hydrogen-bond acceptors (Lipinski definition) is 9. The first-order valence-electron chi connectivity index (χ1n) is 14.1. The monoisotopic (exact) mass is 536 g/mol. The Bertz CT molecular complexity index is 1200. The van der Waals surface area contributed by atoms with Crippen LogP contribution in [-0.2, 0) is 42.2 Å². The SMILES string of the molecule is COc1ccc(CN2CCn3c(cnc3N3CCOCC3)C2)cc1.c1nc(N2CCOCC2)n2c1CNCC2. The molecule has 2 aromatic heterocycles.